The lowest BCUT2D eigenvalue weighted by molar-refractivity contribution is -0.184. The number of carbonyl (C=O) groups excluding carboxylic acids is 1. The molecule has 1 fully saturated rings. The smallest absolute Gasteiger partial charge is 0.306 e. The fourth-order valence-corrected chi connectivity index (χ4v) is 6.25. The van der Waals surface area contributed by atoms with Gasteiger partial charge < -0.3 is 14.7 Å². The number of carboxylic acids is 1. The molecular weight excluding hydrogens is 537 g/mol. The van der Waals surface area contributed by atoms with Crippen LogP contribution in [0.2, 0.25) is 10.0 Å². The molecule has 1 saturated heterocycles. The van der Waals surface area contributed by atoms with Crippen LogP contribution < -0.4 is 0 Å². The summed E-state index contributed by atoms with van der Waals surface area (Å²) in [6.07, 6.45) is -2.67. The maximum absolute atomic E-state index is 13.9. The molecule has 7 nitrogen and oxygen atoms in total. The number of nitrogens with zero attached hydrogens (tertiary/aromatic N) is 1. The molecule has 0 saturated carbocycles. The number of hydrogen-bond donors (Lipinski definition) is 1. The lowest BCUT2D eigenvalue weighted by Gasteiger charge is -2.49. The molecule has 2 aromatic carbocycles. The molecule has 1 aliphatic rings. The SMILES string of the molecule is CC(C)[C@H](CS(=O)(=O)C(C)(C)C)N1C(=O)[C@H](CC(=O)O)OC(c2cccc(Cl)c2)[C@H]1c1ccc(Cl)cc1. The summed E-state index contributed by atoms with van der Waals surface area (Å²) >= 11 is 12.4. The molecule has 1 unspecified atom stereocenters. The minimum absolute atomic E-state index is 0.264. The van der Waals surface area contributed by atoms with Gasteiger partial charge in [-0.2, -0.15) is 0 Å². The maximum atomic E-state index is 13.9. The van der Waals surface area contributed by atoms with Gasteiger partial charge in [0.25, 0.3) is 5.91 Å². The van der Waals surface area contributed by atoms with Crippen molar-refractivity contribution in [2.45, 2.75) is 70.1 Å². The molecule has 37 heavy (non-hydrogen) atoms. The number of benzene rings is 2. The Hall–Kier alpha value is -2.13. The van der Waals surface area contributed by atoms with Crippen LogP contribution in [0.3, 0.4) is 0 Å². The van der Waals surface area contributed by atoms with Crippen LogP contribution >= 0.6 is 23.2 Å². The molecule has 3 rings (SSSR count). The third-order valence-corrected chi connectivity index (χ3v) is 9.76. The van der Waals surface area contributed by atoms with Crippen molar-refractivity contribution in [3.05, 3.63) is 69.7 Å². The summed E-state index contributed by atoms with van der Waals surface area (Å²) in [5.74, 6) is -2.31. The van der Waals surface area contributed by atoms with Crippen LogP contribution in [-0.2, 0) is 24.2 Å². The Balaban J connectivity index is 2.26. The molecule has 1 aliphatic heterocycles. The van der Waals surface area contributed by atoms with E-state index in [1.54, 1.807) is 69.3 Å². The van der Waals surface area contributed by atoms with Crippen molar-refractivity contribution in [2.24, 2.45) is 5.92 Å². The zero-order valence-corrected chi connectivity index (χ0v) is 23.8. The van der Waals surface area contributed by atoms with Crippen LogP contribution in [0.15, 0.2) is 48.5 Å². The van der Waals surface area contributed by atoms with Crippen molar-refractivity contribution in [2.75, 3.05) is 5.75 Å². The van der Waals surface area contributed by atoms with E-state index in [1.165, 1.54) is 4.90 Å². The summed E-state index contributed by atoms with van der Waals surface area (Å²) in [6.45, 7) is 8.58. The highest BCUT2D eigenvalue weighted by atomic mass is 35.5. The molecular formula is C27H33Cl2NO6S. The Kier molecular flexibility index (Phi) is 9.00. The van der Waals surface area contributed by atoms with Gasteiger partial charge in [0.05, 0.1) is 23.0 Å². The van der Waals surface area contributed by atoms with Crippen molar-refractivity contribution < 1.29 is 27.9 Å². The molecule has 2 aromatic rings. The number of aliphatic carboxylic acids is 1. The van der Waals surface area contributed by atoms with Crippen molar-refractivity contribution in [3.8, 4) is 0 Å². The van der Waals surface area contributed by atoms with Crippen molar-refractivity contribution in [3.63, 3.8) is 0 Å². The van der Waals surface area contributed by atoms with Crippen LogP contribution in [0.4, 0.5) is 0 Å². The van der Waals surface area contributed by atoms with E-state index in [9.17, 15) is 23.1 Å². The van der Waals surface area contributed by atoms with E-state index in [1.807, 2.05) is 13.8 Å². The van der Waals surface area contributed by atoms with Gasteiger partial charge in [-0.05, 0) is 62.1 Å². The van der Waals surface area contributed by atoms with E-state index in [0.717, 1.165) is 0 Å². The first kappa shape index (κ1) is 29.4. The monoisotopic (exact) mass is 569 g/mol. The van der Waals surface area contributed by atoms with E-state index in [2.05, 4.69) is 0 Å². The first-order valence-electron chi connectivity index (χ1n) is 12.0. The van der Waals surface area contributed by atoms with Gasteiger partial charge in [-0.25, -0.2) is 8.42 Å². The second-order valence-electron chi connectivity index (χ2n) is 10.6. The van der Waals surface area contributed by atoms with E-state index < -0.39 is 57.2 Å². The standard InChI is InChI=1S/C27H33Cl2NO6S/c1-16(2)21(15-37(34,35)27(3,4)5)30-24(17-9-11-19(28)12-10-17)25(18-7-6-8-20(29)13-18)36-22(26(30)33)14-23(31)32/h6-13,16,21-22,24-25H,14-15H2,1-5H3,(H,31,32)/t21-,22-,24+,25?/m0/s1. The van der Waals surface area contributed by atoms with Crippen LogP contribution in [0.1, 0.15) is 64.3 Å². The summed E-state index contributed by atoms with van der Waals surface area (Å²) in [7, 11) is -3.65. The van der Waals surface area contributed by atoms with E-state index in [4.69, 9.17) is 27.9 Å². The van der Waals surface area contributed by atoms with Gasteiger partial charge in [-0.1, -0.05) is 61.3 Å². The second kappa shape index (κ2) is 11.3. The molecule has 0 aliphatic carbocycles. The van der Waals surface area contributed by atoms with Gasteiger partial charge >= 0.3 is 5.97 Å². The van der Waals surface area contributed by atoms with Crippen molar-refractivity contribution >= 4 is 44.9 Å². The summed E-state index contributed by atoms with van der Waals surface area (Å²) in [4.78, 5) is 27.1. The first-order valence-corrected chi connectivity index (χ1v) is 14.5. The van der Waals surface area contributed by atoms with Crippen LogP contribution in [-0.4, -0.2) is 52.9 Å². The van der Waals surface area contributed by atoms with Crippen molar-refractivity contribution in [1.29, 1.82) is 0 Å². The van der Waals surface area contributed by atoms with Gasteiger partial charge in [-0.15, -0.1) is 0 Å². The molecule has 0 radical (unpaired) electrons. The number of morpholine rings is 1. The van der Waals surface area contributed by atoms with E-state index in [0.29, 0.717) is 21.2 Å². The molecule has 1 heterocycles. The lowest BCUT2D eigenvalue weighted by Crippen LogP contribution is -2.58. The topological polar surface area (TPSA) is 101 Å². The lowest BCUT2D eigenvalue weighted by atomic mass is 9.88. The van der Waals surface area contributed by atoms with Crippen LogP contribution in [0.25, 0.3) is 0 Å². The number of hydrogen-bond acceptors (Lipinski definition) is 5. The van der Waals surface area contributed by atoms with E-state index >= 15 is 0 Å². The molecule has 1 amide bonds. The molecule has 1 N–H and O–H groups in total. The maximum Gasteiger partial charge on any atom is 0.306 e. The van der Waals surface area contributed by atoms with Gasteiger partial charge in [0.15, 0.2) is 9.84 Å². The zero-order chi connectivity index (χ0) is 27.7. The Bertz CT molecular complexity index is 1240. The highest BCUT2D eigenvalue weighted by Gasteiger charge is 2.49. The number of halogens is 2. The van der Waals surface area contributed by atoms with Crippen molar-refractivity contribution in [1.82, 2.24) is 4.90 Å². The Morgan fingerprint density at radius 1 is 1.05 bits per heavy atom. The summed E-state index contributed by atoms with van der Waals surface area (Å²) in [5, 5.41) is 10.5. The second-order valence-corrected chi connectivity index (χ2v) is 14.3. The van der Waals surface area contributed by atoms with Gasteiger partial charge in [0.1, 0.15) is 12.2 Å². The molecule has 202 valence electrons. The fourth-order valence-electron chi connectivity index (χ4n) is 4.43. The highest BCUT2D eigenvalue weighted by Crippen LogP contribution is 2.45. The number of rotatable bonds is 8. The minimum Gasteiger partial charge on any atom is -0.481 e. The molecule has 0 spiro atoms. The summed E-state index contributed by atoms with van der Waals surface area (Å²) in [5.41, 5.74) is 1.32. The Labute approximate surface area is 228 Å². The van der Waals surface area contributed by atoms with E-state index in [-0.39, 0.29) is 11.7 Å². The summed E-state index contributed by atoms with van der Waals surface area (Å²) in [6, 6.07) is 12.4. The average molecular weight is 571 g/mol. The largest absolute Gasteiger partial charge is 0.481 e. The van der Waals surface area contributed by atoms with Gasteiger partial charge in [0.2, 0.25) is 0 Å². The van der Waals surface area contributed by atoms with Gasteiger partial charge in [0, 0.05) is 16.1 Å². The number of carboxylic acid groups (broad SMARTS) is 1. The predicted octanol–water partition coefficient (Wildman–Crippen LogP) is 5.72. The minimum atomic E-state index is -3.65. The van der Waals surface area contributed by atoms with Crippen LogP contribution in [0.5, 0.6) is 0 Å². The van der Waals surface area contributed by atoms with Gasteiger partial charge in [-0.3, -0.25) is 9.59 Å². The quantitative estimate of drug-likeness (QED) is 0.436. The number of ether oxygens (including phenoxy) is 1. The number of amides is 1. The normalized spacial score (nSPS) is 21.8. The molecule has 10 heteroatoms. The fraction of sp³-hybridized carbons (Fsp3) is 0.481. The zero-order valence-electron chi connectivity index (χ0n) is 21.5. The van der Waals surface area contributed by atoms with Crippen LogP contribution in [0, 0.1) is 5.92 Å². The third kappa shape index (κ3) is 6.66. The summed E-state index contributed by atoms with van der Waals surface area (Å²) < 4.78 is 31.9. The number of carbonyl (C=O) groups is 2. The average Bonchev–Trinajstić information content (AvgIpc) is 2.78. The first-order chi connectivity index (χ1) is 17.1. The molecule has 0 bridgehead atoms. The third-order valence-electron chi connectivity index (χ3n) is 6.63. The Morgan fingerprint density at radius 2 is 1.68 bits per heavy atom. The highest BCUT2D eigenvalue weighted by molar-refractivity contribution is 7.92. The predicted molar refractivity (Wildman–Crippen MR) is 145 cm³/mol. The number of sulfone groups is 1. The molecule has 4 atom stereocenters. The Morgan fingerprint density at radius 3 is 2.19 bits per heavy atom. The molecule has 0 aromatic heterocycles.